The SMILES string of the molecule is O=C(CSc1ccccn1)N(C1CC1)C1CCS(=O)(=O)C1. The number of thioether (sulfide) groups is 1. The molecule has 1 saturated carbocycles. The molecule has 2 fully saturated rings. The van der Waals surface area contributed by atoms with Crippen LogP contribution in [0.1, 0.15) is 19.3 Å². The minimum Gasteiger partial charge on any atom is -0.335 e. The Morgan fingerprint density at radius 3 is 2.67 bits per heavy atom. The Hall–Kier alpha value is -1.08. The van der Waals surface area contributed by atoms with Crippen LogP contribution in [0.2, 0.25) is 0 Å². The Labute approximate surface area is 129 Å². The zero-order valence-corrected chi connectivity index (χ0v) is 13.3. The van der Waals surface area contributed by atoms with E-state index < -0.39 is 9.84 Å². The fraction of sp³-hybridized carbons (Fsp3) is 0.571. The van der Waals surface area contributed by atoms with E-state index in [0.717, 1.165) is 17.9 Å². The van der Waals surface area contributed by atoms with Crippen molar-refractivity contribution in [1.29, 1.82) is 0 Å². The lowest BCUT2D eigenvalue weighted by Crippen LogP contribution is -2.43. The first kappa shape index (κ1) is 14.8. The average Bonchev–Trinajstić information content (AvgIpc) is 3.22. The zero-order chi connectivity index (χ0) is 14.9. The molecule has 0 radical (unpaired) electrons. The lowest BCUT2D eigenvalue weighted by molar-refractivity contribution is -0.130. The van der Waals surface area contributed by atoms with Gasteiger partial charge in [0, 0.05) is 18.3 Å². The fourth-order valence-corrected chi connectivity index (χ4v) is 5.14. The van der Waals surface area contributed by atoms with Gasteiger partial charge in [0.2, 0.25) is 5.91 Å². The molecule has 1 aromatic heterocycles. The highest BCUT2D eigenvalue weighted by Gasteiger charge is 2.41. The Kier molecular flexibility index (Phi) is 4.21. The second-order valence-corrected chi connectivity index (χ2v) is 8.77. The largest absolute Gasteiger partial charge is 0.335 e. The van der Waals surface area contributed by atoms with Crippen LogP contribution in [0.3, 0.4) is 0 Å². The third kappa shape index (κ3) is 3.77. The highest BCUT2D eigenvalue weighted by Crippen LogP contribution is 2.33. The Bertz CT molecular complexity index is 614. The van der Waals surface area contributed by atoms with E-state index in [2.05, 4.69) is 4.98 Å². The van der Waals surface area contributed by atoms with Crippen molar-refractivity contribution < 1.29 is 13.2 Å². The van der Waals surface area contributed by atoms with Gasteiger partial charge in [-0.2, -0.15) is 0 Å². The van der Waals surface area contributed by atoms with Gasteiger partial charge in [0.25, 0.3) is 0 Å². The third-order valence-electron chi connectivity index (χ3n) is 3.81. The van der Waals surface area contributed by atoms with Crippen LogP contribution in [0.4, 0.5) is 0 Å². The standard InChI is InChI=1S/C14H18N2O3S2/c17-14(9-20-13-3-1-2-7-15-13)16(11-4-5-11)12-6-8-21(18,19)10-12/h1-3,7,11-12H,4-6,8-10H2. The van der Waals surface area contributed by atoms with Gasteiger partial charge in [0.1, 0.15) is 0 Å². The van der Waals surface area contributed by atoms with Crippen LogP contribution in [0.5, 0.6) is 0 Å². The molecule has 7 heteroatoms. The minimum atomic E-state index is -2.96. The summed E-state index contributed by atoms with van der Waals surface area (Å²) in [6.45, 7) is 0. The molecule has 3 rings (SSSR count). The summed E-state index contributed by atoms with van der Waals surface area (Å²) in [7, 11) is -2.96. The highest BCUT2D eigenvalue weighted by atomic mass is 32.2. The molecule has 1 unspecified atom stereocenters. The van der Waals surface area contributed by atoms with Crippen LogP contribution in [0.15, 0.2) is 29.4 Å². The topological polar surface area (TPSA) is 67.3 Å². The van der Waals surface area contributed by atoms with Crippen LogP contribution < -0.4 is 0 Å². The van der Waals surface area contributed by atoms with E-state index in [4.69, 9.17) is 0 Å². The number of hydrogen-bond donors (Lipinski definition) is 0. The smallest absolute Gasteiger partial charge is 0.233 e. The number of amides is 1. The molecule has 0 N–H and O–H groups in total. The lowest BCUT2D eigenvalue weighted by Gasteiger charge is -2.28. The quantitative estimate of drug-likeness (QED) is 0.764. The maximum absolute atomic E-state index is 12.5. The molecule has 2 aliphatic rings. The third-order valence-corrected chi connectivity index (χ3v) is 6.49. The summed E-state index contributed by atoms with van der Waals surface area (Å²) in [5, 5.41) is 0.820. The average molecular weight is 326 g/mol. The molecule has 1 atom stereocenters. The monoisotopic (exact) mass is 326 g/mol. The van der Waals surface area contributed by atoms with Crippen molar-refractivity contribution in [2.75, 3.05) is 17.3 Å². The number of sulfone groups is 1. The molecular weight excluding hydrogens is 308 g/mol. The first-order chi connectivity index (χ1) is 10.1. The van der Waals surface area contributed by atoms with Gasteiger partial charge in [-0.05, 0) is 31.4 Å². The van der Waals surface area contributed by atoms with E-state index in [1.807, 2.05) is 23.1 Å². The maximum Gasteiger partial charge on any atom is 0.233 e. The number of aromatic nitrogens is 1. The van der Waals surface area contributed by atoms with Crippen molar-refractivity contribution in [3.8, 4) is 0 Å². The zero-order valence-electron chi connectivity index (χ0n) is 11.6. The van der Waals surface area contributed by atoms with Crippen LogP contribution in [0, 0.1) is 0 Å². The second kappa shape index (κ2) is 5.96. The van der Waals surface area contributed by atoms with Crippen molar-refractivity contribution in [2.24, 2.45) is 0 Å². The fourth-order valence-electron chi connectivity index (χ4n) is 2.70. The van der Waals surface area contributed by atoms with E-state index in [0.29, 0.717) is 12.2 Å². The second-order valence-electron chi connectivity index (χ2n) is 5.55. The Morgan fingerprint density at radius 1 is 1.29 bits per heavy atom. The van der Waals surface area contributed by atoms with Gasteiger partial charge in [0.05, 0.1) is 22.3 Å². The number of hydrogen-bond acceptors (Lipinski definition) is 5. The predicted molar refractivity (Wildman–Crippen MR) is 81.9 cm³/mol. The summed E-state index contributed by atoms with van der Waals surface area (Å²) in [4.78, 5) is 18.5. The molecule has 1 saturated heterocycles. The van der Waals surface area contributed by atoms with E-state index in [1.54, 1.807) is 6.20 Å². The summed E-state index contributed by atoms with van der Waals surface area (Å²) >= 11 is 1.41. The van der Waals surface area contributed by atoms with Crippen molar-refractivity contribution in [3.05, 3.63) is 24.4 Å². The number of carbonyl (C=O) groups excluding carboxylic acids is 1. The van der Waals surface area contributed by atoms with Crippen molar-refractivity contribution in [2.45, 2.75) is 36.4 Å². The summed E-state index contributed by atoms with van der Waals surface area (Å²) in [5.41, 5.74) is 0. The number of carbonyl (C=O) groups is 1. The first-order valence-corrected chi connectivity index (χ1v) is 9.91. The van der Waals surface area contributed by atoms with Gasteiger partial charge < -0.3 is 4.90 Å². The van der Waals surface area contributed by atoms with Crippen LogP contribution >= 0.6 is 11.8 Å². The van der Waals surface area contributed by atoms with E-state index in [9.17, 15) is 13.2 Å². The Morgan fingerprint density at radius 2 is 2.10 bits per heavy atom. The molecule has 1 amide bonds. The highest BCUT2D eigenvalue weighted by molar-refractivity contribution is 7.99. The normalized spacial score (nSPS) is 23.9. The molecule has 114 valence electrons. The maximum atomic E-state index is 12.5. The van der Waals surface area contributed by atoms with Crippen molar-refractivity contribution >= 4 is 27.5 Å². The molecule has 2 heterocycles. The molecule has 1 aliphatic carbocycles. The molecular formula is C14H18N2O3S2. The molecule has 1 aliphatic heterocycles. The molecule has 0 spiro atoms. The number of nitrogens with zero attached hydrogens (tertiary/aromatic N) is 2. The van der Waals surface area contributed by atoms with Gasteiger partial charge in [0.15, 0.2) is 9.84 Å². The molecule has 1 aromatic rings. The lowest BCUT2D eigenvalue weighted by atomic mass is 10.2. The van der Waals surface area contributed by atoms with Crippen LogP contribution in [-0.2, 0) is 14.6 Å². The molecule has 0 aromatic carbocycles. The van der Waals surface area contributed by atoms with Gasteiger partial charge in [-0.1, -0.05) is 17.8 Å². The van der Waals surface area contributed by atoms with Gasteiger partial charge in [-0.15, -0.1) is 0 Å². The minimum absolute atomic E-state index is 0.0373. The van der Waals surface area contributed by atoms with E-state index in [1.165, 1.54) is 11.8 Å². The van der Waals surface area contributed by atoms with Gasteiger partial charge in [-0.25, -0.2) is 13.4 Å². The Balaban J connectivity index is 1.63. The summed E-state index contributed by atoms with van der Waals surface area (Å²) < 4.78 is 23.3. The van der Waals surface area contributed by atoms with E-state index in [-0.39, 0.29) is 29.5 Å². The number of pyridine rings is 1. The molecule has 5 nitrogen and oxygen atoms in total. The molecule has 21 heavy (non-hydrogen) atoms. The summed E-state index contributed by atoms with van der Waals surface area (Å²) in [5.74, 6) is 0.699. The van der Waals surface area contributed by atoms with E-state index >= 15 is 0 Å². The van der Waals surface area contributed by atoms with Crippen LogP contribution in [-0.4, -0.2) is 53.6 Å². The molecule has 0 bridgehead atoms. The van der Waals surface area contributed by atoms with Gasteiger partial charge >= 0.3 is 0 Å². The summed E-state index contributed by atoms with van der Waals surface area (Å²) in [6.07, 6.45) is 4.28. The van der Waals surface area contributed by atoms with Gasteiger partial charge in [-0.3, -0.25) is 4.79 Å². The van der Waals surface area contributed by atoms with Crippen molar-refractivity contribution in [3.63, 3.8) is 0 Å². The van der Waals surface area contributed by atoms with Crippen molar-refractivity contribution in [1.82, 2.24) is 9.88 Å². The predicted octanol–water partition coefficient (Wildman–Crippen LogP) is 1.35. The summed E-state index contributed by atoms with van der Waals surface area (Å²) in [6, 6.07) is 5.73. The first-order valence-electron chi connectivity index (χ1n) is 7.10. The number of rotatable bonds is 5. The van der Waals surface area contributed by atoms with Crippen LogP contribution in [0.25, 0.3) is 0 Å².